The highest BCUT2D eigenvalue weighted by molar-refractivity contribution is 8.07. The van der Waals surface area contributed by atoms with E-state index in [1.807, 2.05) is 0 Å². The SMILES string of the molecule is NCCCCCCOP(O)(=S)OCC1CCC1. The van der Waals surface area contributed by atoms with Crippen molar-refractivity contribution in [2.45, 2.75) is 44.9 Å². The second-order valence-electron chi connectivity index (χ2n) is 4.60. The molecule has 1 saturated carbocycles. The fourth-order valence-electron chi connectivity index (χ4n) is 1.68. The van der Waals surface area contributed by atoms with Gasteiger partial charge in [0.05, 0.1) is 13.2 Å². The van der Waals surface area contributed by atoms with Crippen LogP contribution in [-0.4, -0.2) is 24.7 Å². The summed E-state index contributed by atoms with van der Waals surface area (Å²) in [6.45, 7) is -1.19. The van der Waals surface area contributed by atoms with Crippen molar-refractivity contribution >= 4 is 18.5 Å². The first-order valence-corrected chi connectivity index (χ1v) is 9.05. The number of hydrogen-bond donors (Lipinski definition) is 2. The first kappa shape index (κ1) is 15.5. The van der Waals surface area contributed by atoms with Crippen molar-refractivity contribution in [2.75, 3.05) is 19.8 Å². The minimum atomic E-state index is -2.97. The van der Waals surface area contributed by atoms with E-state index in [0.29, 0.717) is 19.1 Å². The van der Waals surface area contributed by atoms with Gasteiger partial charge < -0.3 is 19.7 Å². The van der Waals surface area contributed by atoms with Crippen molar-refractivity contribution < 1.29 is 13.9 Å². The molecule has 3 N–H and O–H groups in total. The largest absolute Gasteiger partial charge is 0.330 e. The molecule has 0 bridgehead atoms. The molecule has 0 heterocycles. The molecule has 4 nitrogen and oxygen atoms in total. The Kier molecular flexibility index (Phi) is 7.84. The van der Waals surface area contributed by atoms with Gasteiger partial charge in [0.25, 0.3) is 0 Å². The smallest absolute Gasteiger partial charge is 0.324 e. The van der Waals surface area contributed by atoms with Crippen LogP contribution in [0.25, 0.3) is 0 Å². The average Bonchev–Trinajstić information content (AvgIpc) is 2.21. The molecule has 6 heteroatoms. The lowest BCUT2D eigenvalue weighted by Crippen LogP contribution is -2.17. The van der Waals surface area contributed by atoms with E-state index in [-0.39, 0.29) is 0 Å². The minimum Gasteiger partial charge on any atom is -0.330 e. The Morgan fingerprint density at radius 2 is 1.88 bits per heavy atom. The van der Waals surface area contributed by atoms with E-state index < -0.39 is 6.72 Å². The summed E-state index contributed by atoms with van der Waals surface area (Å²) in [7, 11) is 0. The molecule has 1 fully saturated rings. The zero-order valence-electron chi connectivity index (χ0n) is 10.3. The Morgan fingerprint density at radius 1 is 1.18 bits per heavy atom. The third-order valence-electron chi connectivity index (χ3n) is 3.05. The second-order valence-corrected chi connectivity index (χ2v) is 7.44. The summed E-state index contributed by atoms with van der Waals surface area (Å²) >= 11 is 4.94. The van der Waals surface area contributed by atoms with E-state index in [1.165, 1.54) is 19.3 Å². The molecule has 0 aromatic rings. The van der Waals surface area contributed by atoms with Crippen LogP contribution in [-0.2, 0) is 20.9 Å². The fourth-order valence-corrected chi connectivity index (χ4v) is 2.92. The maximum Gasteiger partial charge on any atom is 0.324 e. The summed E-state index contributed by atoms with van der Waals surface area (Å²) in [6.07, 6.45) is 7.77. The lowest BCUT2D eigenvalue weighted by atomic mass is 9.86. The summed E-state index contributed by atoms with van der Waals surface area (Å²) in [4.78, 5) is 9.75. The van der Waals surface area contributed by atoms with Crippen molar-refractivity contribution in [1.29, 1.82) is 0 Å². The highest BCUT2D eigenvalue weighted by atomic mass is 32.5. The molecular formula is C11H24NO3PS. The molecule has 1 atom stereocenters. The minimum absolute atomic E-state index is 0.489. The number of unbranched alkanes of at least 4 members (excludes halogenated alkanes) is 3. The number of hydrogen-bond acceptors (Lipinski definition) is 4. The average molecular weight is 281 g/mol. The summed E-state index contributed by atoms with van der Waals surface area (Å²) in [5.74, 6) is 0.581. The summed E-state index contributed by atoms with van der Waals surface area (Å²) < 4.78 is 10.6. The predicted octanol–water partition coefficient (Wildman–Crippen LogP) is 2.56. The zero-order chi connectivity index (χ0) is 12.6. The van der Waals surface area contributed by atoms with Gasteiger partial charge in [0, 0.05) is 0 Å². The van der Waals surface area contributed by atoms with Crippen LogP contribution >= 0.6 is 6.72 Å². The van der Waals surface area contributed by atoms with Gasteiger partial charge in [-0.15, -0.1) is 0 Å². The van der Waals surface area contributed by atoms with E-state index >= 15 is 0 Å². The van der Waals surface area contributed by atoms with E-state index in [2.05, 4.69) is 0 Å². The molecule has 1 rings (SSSR count). The Hall–Kier alpha value is 0.490. The van der Waals surface area contributed by atoms with Crippen LogP contribution in [0.5, 0.6) is 0 Å². The van der Waals surface area contributed by atoms with E-state index in [4.69, 9.17) is 26.6 Å². The third kappa shape index (κ3) is 7.50. The molecule has 0 aliphatic heterocycles. The van der Waals surface area contributed by atoms with Crippen LogP contribution in [0, 0.1) is 5.92 Å². The molecule has 0 saturated heterocycles. The van der Waals surface area contributed by atoms with Crippen LogP contribution in [0.15, 0.2) is 0 Å². The molecule has 0 spiro atoms. The van der Waals surface area contributed by atoms with Gasteiger partial charge in [-0.2, -0.15) is 0 Å². The Labute approximate surface area is 109 Å². The Bertz CT molecular complexity index is 249. The van der Waals surface area contributed by atoms with Crippen molar-refractivity contribution in [1.82, 2.24) is 0 Å². The molecule has 0 amide bonds. The van der Waals surface area contributed by atoms with Crippen molar-refractivity contribution in [3.63, 3.8) is 0 Å². The van der Waals surface area contributed by atoms with Gasteiger partial charge in [-0.05, 0) is 50.0 Å². The van der Waals surface area contributed by atoms with Crippen molar-refractivity contribution in [2.24, 2.45) is 11.7 Å². The standard InChI is InChI=1S/C11H24NO3PS/c12-8-3-1-2-4-9-14-16(13,17)15-10-11-6-5-7-11/h11H,1-10,12H2,(H,13,17). The zero-order valence-corrected chi connectivity index (χ0v) is 12.1. The number of rotatable bonds is 10. The van der Waals surface area contributed by atoms with Crippen LogP contribution in [0.3, 0.4) is 0 Å². The van der Waals surface area contributed by atoms with Crippen LogP contribution in [0.4, 0.5) is 0 Å². The lowest BCUT2D eigenvalue weighted by Gasteiger charge is -2.26. The molecular weight excluding hydrogens is 257 g/mol. The molecule has 0 aromatic carbocycles. The fraction of sp³-hybridized carbons (Fsp3) is 1.00. The normalized spacial score (nSPS) is 19.9. The quantitative estimate of drug-likeness (QED) is 0.476. The van der Waals surface area contributed by atoms with Crippen LogP contribution in [0.2, 0.25) is 0 Å². The maximum atomic E-state index is 9.75. The van der Waals surface area contributed by atoms with Crippen LogP contribution < -0.4 is 5.73 Å². The van der Waals surface area contributed by atoms with E-state index in [1.54, 1.807) is 0 Å². The predicted molar refractivity (Wildman–Crippen MR) is 73.3 cm³/mol. The van der Waals surface area contributed by atoms with Crippen LogP contribution in [0.1, 0.15) is 44.9 Å². The van der Waals surface area contributed by atoms with Crippen molar-refractivity contribution in [3.05, 3.63) is 0 Å². The van der Waals surface area contributed by atoms with E-state index in [0.717, 1.165) is 32.2 Å². The van der Waals surface area contributed by atoms with Crippen molar-refractivity contribution in [3.8, 4) is 0 Å². The summed E-state index contributed by atoms with van der Waals surface area (Å²) in [6, 6.07) is 0. The van der Waals surface area contributed by atoms with Gasteiger partial charge in [0.1, 0.15) is 0 Å². The molecule has 0 radical (unpaired) electrons. The number of nitrogens with two attached hydrogens (primary N) is 1. The second kappa shape index (κ2) is 8.57. The van der Waals surface area contributed by atoms with Gasteiger partial charge in [-0.3, -0.25) is 0 Å². The first-order valence-electron chi connectivity index (χ1n) is 6.46. The molecule has 1 unspecified atom stereocenters. The van der Waals surface area contributed by atoms with Gasteiger partial charge in [-0.25, -0.2) is 0 Å². The topological polar surface area (TPSA) is 64.7 Å². The highest BCUT2D eigenvalue weighted by Crippen LogP contribution is 2.45. The third-order valence-corrected chi connectivity index (χ3v) is 4.67. The Balaban J connectivity index is 1.97. The van der Waals surface area contributed by atoms with Gasteiger partial charge in [0.2, 0.25) is 0 Å². The molecule has 17 heavy (non-hydrogen) atoms. The van der Waals surface area contributed by atoms with Gasteiger partial charge >= 0.3 is 6.72 Å². The Morgan fingerprint density at radius 3 is 2.47 bits per heavy atom. The molecule has 0 aromatic heterocycles. The maximum absolute atomic E-state index is 9.75. The summed E-state index contributed by atoms with van der Waals surface area (Å²) in [5.41, 5.74) is 5.40. The van der Waals surface area contributed by atoms with E-state index in [9.17, 15) is 4.89 Å². The lowest BCUT2D eigenvalue weighted by molar-refractivity contribution is 0.138. The monoisotopic (exact) mass is 281 g/mol. The molecule has 1 aliphatic carbocycles. The first-order chi connectivity index (χ1) is 8.14. The van der Waals surface area contributed by atoms with Gasteiger partial charge in [0.15, 0.2) is 0 Å². The van der Waals surface area contributed by atoms with Gasteiger partial charge in [-0.1, -0.05) is 19.3 Å². The summed E-state index contributed by atoms with van der Waals surface area (Å²) in [5, 5.41) is 0. The molecule has 102 valence electrons. The highest BCUT2D eigenvalue weighted by Gasteiger charge is 2.22. The molecule has 1 aliphatic rings.